The van der Waals surface area contributed by atoms with Gasteiger partial charge >= 0.3 is 18.2 Å². The first-order chi connectivity index (χ1) is 22.8. The molecule has 2 aromatic carbocycles. The largest absolute Gasteiger partial charge is 0.487 e. The number of esters is 1. The van der Waals surface area contributed by atoms with Crippen molar-refractivity contribution in [1.82, 2.24) is 4.90 Å². The first-order valence-corrected chi connectivity index (χ1v) is 16.9. The number of rotatable bonds is 11. The van der Waals surface area contributed by atoms with E-state index in [4.69, 9.17) is 23.7 Å². The number of fused-ring (bicyclic) bond motifs is 1. The second-order valence-corrected chi connectivity index (χ2v) is 15.6. The SMILES string of the molecule is CC(C)(C)OC(=O)CNc1c(OCc2ccccc2)cc2c(c1F)C[C@H](CN(CCC1COC1)C(=O)OC(C)(C)C)N2C(=O)OC(C)(C)C. The Morgan fingerprint density at radius 2 is 1.57 bits per heavy atom. The van der Waals surface area contributed by atoms with Gasteiger partial charge in [0.1, 0.15) is 41.4 Å². The zero-order valence-electron chi connectivity index (χ0n) is 30.3. The Bertz CT molecular complexity index is 1480. The molecule has 1 N–H and O–H groups in total. The van der Waals surface area contributed by atoms with Crippen LogP contribution in [0.1, 0.15) is 79.9 Å². The fourth-order valence-electron chi connectivity index (χ4n) is 5.47. The van der Waals surface area contributed by atoms with Crippen LogP contribution in [0.5, 0.6) is 5.75 Å². The molecule has 1 atom stereocenters. The normalized spacial score (nSPS) is 16.4. The molecule has 0 saturated carbocycles. The van der Waals surface area contributed by atoms with Gasteiger partial charge in [0.2, 0.25) is 0 Å². The molecule has 12 heteroatoms. The van der Waals surface area contributed by atoms with E-state index in [1.807, 2.05) is 30.3 Å². The minimum atomic E-state index is -0.848. The average molecular weight is 686 g/mol. The molecule has 0 unspecified atom stereocenters. The number of hydrogen-bond acceptors (Lipinski definition) is 9. The molecule has 0 aliphatic carbocycles. The lowest BCUT2D eigenvalue weighted by atomic mass is 10.0. The van der Waals surface area contributed by atoms with Gasteiger partial charge in [-0.15, -0.1) is 0 Å². The van der Waals surface area contributed by atoms with Gasteiger partial charge in [-0.3, -0.25) is 9.69 Å². The van der Waals surface area contributed by atoms with E-state index >= 15 is 4.39 Å². The summed E-state index contributed by atoms with van der Waals surface area (Å²) in [7, 11) is 0. The highest BCUT2D eigenvalue weighted by molar-refractivity contribution is 5.93. The predicted octanol–water partition coefficient (Wildman–Crippen LogP) is 7.10. The van der Waals surface area contributed by atoms with Crippen molar-refractivity contribution in [3.63, 3.8) is 0 Å². The third-order valence-corrected chi connectivity index (χ3v) is 7.63. The molecule has 0 radical (unpaired) electrons. The zero-order chi connectivity index (χ0) is 36.1. The Labute approximate surface area is 289 Å². The number of hydrogen-bond donors (Lipinski definition) is 1. The van der Waals surface area contributed by atoms with E-state index in [2.05, 4.69) is 5.32 Å². The minimum Gasteiger partial charge on any atom is -0.487 e. The molecule has 270 valence electrons. The second kappa shape index (κ2) is 15.2. The fourth-order valence-corrected chi connectivity index (χ4v) is 5.47. The molecular formula is C37H52FN3O8. The van der Waals surface area contributed by atoms with Gasteiger partial charge in [0.05, 0.1) is 24.9 Å². The van der Waals surface area contributed by atoms with Crippen LogP contribution in [0.3, 0.4) is 0 Å². The van der Waals surface area contributed by atoms with Crippen LogP contribution < -0.4 is 15.0 Å². The lowest BCUT2D eigenvalue weighted by molar-refractivity contribution is -0.152. The summed E-state index contributed by atoms with van der Waals surface area (Å²) in [6.07, 6.45) is -0.446. The molecule has 2 aromatic rings. The number of carbonyl (C=O) groups excluding carboxylic acids is 3. The summed E-state index contributed by atoms with van der Waals surface area (Å²) in [4.78, 5) is 43.0. The lowest BCUT2D eigenvalue weighted by Gasteiger charge is -2.35. The number of nitrogens with zero attached hydrogens (tertiary/aromatic N) is 2. The number of amides is 2. The molecule has 4 rings (SSSR count). The molecule has 2 aliphatic heterocycles. The maximum absolute atomic E-state index is 16.7. The average Bonchev–Trinajstić information content (AvgIpc) is 3.30. The van der Waals surface area contributed by atoms with Crippen LogP contribution in [0.2, 0.25) is 0 Å². The van der Waals surface area contributed by atoms with E-state index < -0.39 is 46.8 Å². The van der Waals surface area contributed by atoms with E-state index in [-0.39, 0.29) is 48.8 Å². The summed E-state index contributed by atoms with van der Waals surface area (Å²) in [6.45, 7) is 17.4. The molecule has 0 aromatic heterocycles. The van der Waals surface area contributed by atoms with Gasteiger partial charge < -0.3 is 33.9 Å². The van der Waals surface area contributed by atoms with Crippen molar-refractivity contribution in [2.75, 3.05) is 43.1 Å². The van der Waals surface area contributed by atoms with E-state index in [0.717, 1.165) is 5.56 Å². The summed E-state index contributed by atoms with van der Waals surface area (Å²) < 4.78 is 45.2. The molecule has 2 heterocycles. The first-order valence-electron chi connectivity index (χ1n) is 16.9. The smallest absolute Gasteiger partial charge is 0.415 e. The lowest BCUT2D eigenvalue weighted by Crippen LogP contribution is -2.50. The topological polar surface area (TPSA) is 116 Å². The summed E-state index contributed by atoms with van der Waals surface area (Å²) in [5.74, 6) is -0.824. The summed E-state index contributed by atoms with van der Waals surface area (Å²) in [5, 5.41) is 2.89. The molecule has 1 saturated heterocycles. The van der Waals surface area contributed by atoms with Crippen molar-refractivity contribution in [2.24, 2.45) is 5.92 Å². The maximum Gasteiger partial charge on any atom is 0.415 e. The highest BCUT2D eigenvalue weighted by atomic mass is 19.1. The summed E-state index contributed by atoms with van der Waals surface area (Å²) in [5.41, 5.74) is -1.02. The summed E-state index contributed by atoms with van der Waals surface area (Å²) in [6, 6.07) is 10.3. The molecule has 49 heavy (non-hydrogen) atoms. The van der Waals surface area contributed by atoms with E-state index in [0.29, 0.717) is 32.1 Å². The number of anilines is 2. The molecular weight excluding hydrogens is 633 g/mol. The Hall–Kier alpha value is -4.06. The van der Waals surface area contributed by atoms with Gasteiger partial charge in [0.15, 0.2) is 5.82 Å². The molecule has 2 amide bonds. The van der Waals surface area contributed by atoms with Gasteiger partial charge in [-0.05, 0) is 74.3 Å². The number of nitrogens with one attached hydrogen (secondary N) is 1. The number of benzene rings is 2. The minimum absolute atomic E-state index is 0.0284. The van der Waals surface area contributed by atoms with Crippen LogP contribution in [0.4, 0.5) is 25.4 Å². The van der Waals surface area contributed by atoms with Crippen LogP contribution in [-0.4, -0.2) is 78.7 Å². The third-order valence-electron chi connectivity index (χ3n) is 7.63. The van der Waals surface area contributed by atoms with Crippen LogP contribution in [0.25, 0.3) is 0 Å². The van der Waals surface area contributed by atoms with Crippen molar-refractivity contribution in [1.29, 1.82) is 0 Å². The number of carbonyl (C=O) groups is 3. The van der Waals surface area contributed by atoms with Crippen molar-refractivity contribution >= 4 is 29.5 Å². The molecule has 1 fully saturated rings. The molecule has 0 spiro atoms. The quantitative estimate of drug-likeness (QED) is 0.195. The van der Waals surface area contributed by atoms with Crippen molar-refractivity contribution in [2.45, 2.75) is 105 Å². The van der Waals surface area contributed by atoms with Crippen LogP contribution in [-0.2, 0) is 36.8 Å². The van der Waals surface area contributed by atoms with Crippen LogP contribution in [0, 0.1) is 11.7 Å². The van der Waals surface area contributed by atoms with Crippen LogP contribution >= 0.6 is 0 Å². The first kappa shape index (κ1) is 37.8. The third kappa shape index (κ3) is 11.0. The van der Waals surface area contributed by atoms with E-state index in [9.17, 15) is 14.4 Å². The van der Waals surface area contributed by atoms with Crippen molar-refractivity contribution < 1.29 is 42.5 Å². The highest BCUT2D eigenvalue weighted by Crippen LogP contribution is 2.44. The van der Waals surface area contributed by atoms with Gasteiger partial charge in [-0.2, -0.15) is 0 Å². The van der Waals surface area contributed by atoms with E-state index in [1.54, 1.807) is 73.3 Å². The standard InChI is InChI=1S/C37H52FN3O8/c1-35(2,3)47-30(42)19-39-32-29(46-23-24-13-11-10-12-14-24)18-28-27(31(32)38)17-26(41(28)34(44)49-37(7,8)9)20-40(16-15-25-21-45-22-25)33(43)48-36(4,5)6/h10-14,18,25-26,39H,15-17,19-23H2,1-9H3/t26-/m1/s1. The summed E-state index contributed by atoms with van der Waals surface area (Å²) >= 11 is 0. The number of ether oxygens (including phenoxy) is 5. The van der Waals surface area contributed by atoms with Crippen molar-refractivity contribution in [3.8, 4) is 5.75 Å². The Kier molecular flexibility index (Phi) is 11.7. The highest BCUT2D eigenvalue weighted by Gasteiger charge is 2.42. The van der Waals surface area contributed by atoms with Gasteiger partial charge in [0.25, 0.3) is 0 Å². The fraction of sp³-hybridized carbons (Fsp3) is 0.595. The molecule has 0 bridgehead atoms. The van der Waals surface area contributed by atoms with E-state index in [1.165, 1.54) is 4.90 Å². The second-order valence-electron chi connectivity index (χ2n) is 15.6. The van der Waals surface area contributed by atoms with Gasteiger partial charge in [-0.25, -0.2) is 14.0 Å². The molecule has 2 aliphatic rings. The van der Waals surface area contributed by atoms with Gasteiger partial charge in [-0.1, -0.05) is 30.3 Å². The van der Waals surface area contributed by atoms with Crippen LogP contribution in [0.15, 0.2) is 36.4 Å². The maximum atomic E-state index is 16.7. The molecule has 11 nitrogen and oxygen atoms in total. The van der Waals surface area contributed by atoms with Crippen molar-refractivity contribution in [3.05, 3.63) is 53.3 Å². The predicted molar refractivity (Wildman–Crippen MR) is 184 cm³/mol. The Morgan fingerprint density at radius 3 is 2.14 bits per heavy atom. The Balaban J connectivity index is 1.72. The van der Waals surface area contributed by atoms with Gasteiger partial charge in [0, 0.05) is 37.1 Å². The monoisotopic (exact) mass is 685 g/mol. The zero-order valence-corrected chi connectivity index (χ0v) is 30.3. The number of halogens is 1. The Morgan fingerprint density at radius 1 is 0.939 bits per heavy atom.